The van der Waals surface area contributed by atoms with Crippen molar-refractivity contribution in [2.24, 2.45) is 11.7 Å². The molecule has 2 aromatic heterocycles. The average Bonchev–Trinajstić information content (AvgIpc) is 3.31. The molecule has 3 aromatic rings. The molecule has 0 unspecified atom stereocenters. The first-order valence-corrected chi connectivity index (χ1v) is 9.38. The van der Waals surface area contributed by atoms with Crippen LogP contribution in [0.25, 0.3) is 11.1 Å². The van der Waals surface area contributed by atoms with E-state index in [1.807, 2.05) is 43.0 Å². The summed E-state index contributed by atoms with van der Waals surface area (Å²) in [5.74, 6) is 0.708. The van der Waals surface area contributed by atoms with Gasteiger partial charge in [-0.2, -0.15) is 0 Å². The van der Waals surface area contributed by atoms with Gasteiger partial charge in [0.15, 0.2) is 0 Å². The molecule has 2 atom stereocenters. The van der Waals surface area contributed by atoms with Crippen LogP contribution >= 0.6 is 0 Å². The number of rotatable bonds is 4. The van der Waals surface area contributed by atoms with Crippen molar-refractivity contribution in [2.75, 3.05) is 19.6 Å². The fraction of sp³-hybridized carbons (Fsp3) is 0.381. The molecule has 1 aliphatic rings. The van der Waals surface area contributed by atoms with Crippen LogP contribution in [-0.2, 0) is 0 Å². The number of hydrogen-bond donors (Lipinski definition) is 1. The molecule has 1 amide bonds. The number of carbonyl (C=O) groups is 1. The first-order chi connectivity index (χ1) is 13.1. The summed E-state index contributed by atoms with van der Waals surface area (Å²) in [6, 6.07) is 12.1. The summed E-state index contributed by atoms with van der Waals surface area (Å²) in [6.07, 6.45) is 1.58. The van der Waals surface area contributed by atoms with Gasteiger partial charge in [-0.05, 0) is 30.0 Å². The molecular weight excluding hydrogens is 340 g/mol. The summed E-state index contributed by atoms with van der Waals surface area (Å²) in [6.45, 7) is 5.98. The van der Waals surface area contributed by atoms with Crippen molar-refractivity contribution in [1.29, 1.82) is 0 Å². The van der Waals surface area contributed by atoms with E-state index in [1.165, 1.54) is 5.56 Å². The van der Waals surface area contributed by atoms with Crippen molar-refractivity contribution < 1.29 is 9.32 Å². The van der Waals surface area contributed by atoms with Crippen LogP contribution < -0.4 is 5.73 Å². The highest BCUT2D eigenvalue weighted by molar-refractivity contribution is 5.97. The average molecular weight is 364 g/mol. The fourth-order valence-electron chi connectivity index (χ4n) is 3.92. The van der Waals surface area contributed by atoms with Crippen molar-refractivity contribution in [1.82, 2.24) is 15.0 Å². The van der Waals surface area contributed by atoms with Gasteiger partial charge in [0.2, 0.25) is 0 Å². The van der Waals surface area contributed by atoms with Gasteiger partial charge in [-0.1, -0.05) is 49.3 Å². The SMILES string of the molecule is CC(C)c1noc2ncc(C(=O)N3C[C@@H](CN)[C@H](c4ccccc4)C3)cc12. The Balaban J connectivity index is 1.61. The minimum absolute atomic E-state index is 0.0165. The number of fused-ring (bicyclic) bond motifs is 1. The van der Waals surface area contributed by atoms with Crippen LogP contribution in [0.2, 0.25) is 0 Å². The van der Waals surface area contributed by atoms with E-state index < -0.39 is 0 Å². The smallest absolute Gasteiger partial charge is 0.257 e. The highest BCUT2D eigenvalue weighted by atomic mass is 16.5. The molecule has 3 heterocycles. The molecule has 0 saturated carbocycles. The number of hydrogen-bond acceptors (Lipinski definition) is 5. The van der Waals surface area contributed by atoms with Crippen molar-refractivity contribution in [3.63, 3.8) is 0 Å². The third-order valence-electron chi connectivity index (χ3n) is 5.41. The number of nitrogens with two attached hydrogens (primary N) is 1. The van der Waals surface area contributed by atoms with Crippen LogP contribution in [0.15, 0.2) is 47.1 Å². The molecule has 140 valence electrons. The molecule has 0 spiro atoms. The highest BCUT2D eigenvalue weighted by Crippen LogP contribution is 2.33. The maximum absolute atomic E-state index is 13.1. The molecule has 2 N–H and O–H groups in total. The molecule has 6 nitrogen and oxygen atoms in total. The van der Waals surface area contributed by atoms with E-state index in [2.05, 4.69) is 22.3 Å². The maximum atomic E-state index is 13.1. The fourth-order valence-corrected chi connectivity index (χ4v) is 3.92. The number of pyridine rings is 1. The van der Waals surface area contributed by atoms with Gasteiger partial charge in [0.1, 0.15) is 0 Å². The third kappa shape index (κ3) is 3.21. The number of benzene rings is 1. The van der Waals surface area contributed by atoms with Crippen molar-refractivity contribution >= 4 is 17.0 Å². The normalized spacial score (nSPS) is 19.9. The minimum Gasteiger partial charge on any atom is -0.338 e. The Hall–Kier alpha value is -2.73. The summed E-state index contributed by atoms with van der Waals surface area (Å²) < 4.78 is 5.28. The number of nitrogens with zero attached hydrogens (tertiary/aromatic N) is 3. The van der Waals surface area contributed by atoms with E-state index in [1.54, 1.807) is 6.20 Å². The lowest BCUT2D eigenvalue weighted by Gasteiger charge is -2.17. The van der Waals surface area contributed by atoms with Crippen LogP contribution in [0, 0.1) is 5.92 Å². The molecule has 0 bridgehead atoms. The number of aromatic nitrogens is 2. The van der Waals surface area contributed by atoms with E-state index in [0.29, 0.717) is 30.9 Å². The van der Waals surface area contributed by atoms with E-state index in [0.717, 1.165) is 11.1 Å². The Labute approximate surface area is 158 Å². The van der Waals surface area contributed by atoms with Gasteiger partial charge in [-0.3, -0.25) is 4.79 Å². The molecule has 4 rings (SSSR count). The van der Waals surface area contributed by atoms with Gasteiger partial charge in [0.05, 0.1) is 16.6 Å². The summed E-state index contributed by atoms with van der Waals surface area (Å²) in [4.78, 5) is 19.3. The van der Waals surface area contributed by atoms with E-state index >= 15 is 0 Å². The lowest BCUT2D eigenvalue weighted by atomic mass is 9.89. The second-order valence-corrected chi connectivity index (χ2v) is 7.52. The molecule has 1 aliphatic heterocycles. The summed E-state index contributed by atoms with van der Waals surface area (Å²) in [7, 11) is 0. The molecule has 1 saturated heterocycles. The topological polar surface area (TPSA) is 85.2 Å². The predicted molar refractivity (Wildman–Crippen MR) is 104 cm³/mol. The molecule has 6 heteroatoms. The van der Waals surface area contributed by atoms with Crippen LogP contribution in [0.4, 0.5) is 0 Å². The standard InChI is InChI=1S/C21H24N4O2/c1-13(2)19-17-8-15(10-23-20(17)27-24-19)21(26)25-11-16(9-22)18(12-25)14-6-4-3-5-7-14/h3-8,10,13,16,18H,9,11-12,22H2,1-2H3/t16-,18+/m1/s1. The first-order valence-electron chi connectivity index (χ1n) is 9.38. The Kier molecular flexibility index (Phi) is 4.66. The van der Waals surface area contributed by atoms with Crippen LogP contribution in [0.3, 0.4) is 0 Å². The quantitative estimate of drug-likeness (QED) is 0.768. The van der Waals surface area contributed by atoms with Gasteiger partial charge < -0.3 is 15.2 Å². The van der Waals surface area contributed by atoms with E-state index in [4.69, 9.17) is 10.3 Å². The van der Waals surface area contributed by atoms with Crippen molar-refractivity contribution in [3.05, 3.63) is 59.4 Å². The van der Waals surface area contributed by atoms with Gasteiger partial charge in [0.25, 0.3) is 11.6 Å². The Morgan fingerprint density at radius 1 is 1.30 bits per heavy atom. The van der Waals surface area contributed by atoms with Gasteiger partial charge in [0, 0.05) is 25.2 Å². The number of amides is 1. The summed E-state index contributed by atoms with van der Waals surface area (Å²) in [5, 5.41) is 4.90. The van der Waals surface area contributed by atoms with Crippen molar-refractivity contribution in [2.45, 2.75) is 25.7 Å². The first kappa shape index (κ1) is 17.7. The van der Waals surface area contributed by atoms with Gasteiger partial charge >= 0.3 is 0 Å². The van der Waals surface area contributed by atoms with E-state index in [9.17, 15) is 4.79 Å². The third-order valence-corrected chi connectivity index (χ3v) is 5.41. The van der Waals surface area contributed by atoms with E-state index in [-0.39, 0.29) is 23.7 Å². The molecule has 0 radical (unpaired) electrons. The molecular formula is C21H24N4O2. The Morgan fingerprint density at radius 2 is 2.07 bits per heavy atom. The molecule has 1 aromatic carbocycles. The Morgan fingerprint density at radius 3 is 2.78 bits per heavy atom. The van der Waals surface area contributed by atoms with Gasteiger partial charge in [-0.25, -0.2) is 4.98 Å². The lowest BCUT2D eigenvalue weighted by Crippen LogP contribution is -2.29. The monoisotopic (exact) mass is 364 g/mol. The van der Waals surface area contributed by atoms with Crippen LogP contribution in [0.5, 0.6) is 0 Å². The second-order valence-electron chi connectivity index (χ2n) is 7.52. The zero-order valence-electron chi connectivity index (χ0n) is 15.6. The zero-order valence-corrected chi connectivity index (χ0v) is 15.6. The molecule has 27 heavy (non-hydrogen) atoms. The number of carbonyl (C=O) groups excluding carboxylic acids is 1. The van der Waals surface area contributed by atoms with Crippen LogP contribution in [0.1, 0.15) is 47.3 Å². The van der Waals surface area contributed by atoms with Crippen LogP contribution in [-0.4, -0.2) is 40.6 Å². The molecule has 1 fully saturated rings. The van der Waals surface area contributed by atoms with Gasteiger partial charge in [-0.15, -0.1) is 0 Å². The number of likely N-dealkylation sites (tertiary alicyclic amines) is 1. The summed E-state index contributed by atoms with van der Waals surface area (Å²) in [5.41, 5.74) is 9.11. The predicted octanol–water partition coefficient (Wildman–Crippen LogP) is 3.16. The summed E-state index contributed by atoms with van der Waals surface area (Å²) >= 11 is 0. The second kappa shape index (κ2) is 7.12. The maximum Gasteiger partial charge on any atom is 0.257 e. The highest BCUT2D eigenvalue weighted by Gasteiger charge is 2.35. The minimum atomic E-state index is -0.0165. The lowest BCUT2D eigenvalue weighted by molar-refractivity contribution is 0.0786. The van der Waals surface area contributed by atoms with Crippen molar-refractivity contribution in [3.8, 4) is 0 Å². The Bertz CT molecular complexity index is 951. The largest absolute Gasteiger partial charge is 0.338 e. The zero-order chi connectivity index (χ0) is 19.0. The molecule has 0 aliphatic carbocycles.